The van der Waals surface area contributed by atoms with Gasteiger partial charge in [-0.25, -0.2) is 0 Å². The maximum atomic E-state index is 13.5. The number of ketones is 1. The first-order valence-corrected chi connectivity index (χ1v) is 15.3. The number of morpholine rings is 1. The number of hydrogen-bond acceptors (Lipinski definition) is 7. The number of carbonyl (C=O) groups excluding carboxylic acids is 2. The van der Waals surface area contributed by atoms with Gasteiger partial charge in [-0.05, 0) is 67.1 Å². The highest BCUT2D eigenvalue weighted by atomic mass is 16.5. The molecule has 2 saturated heterocycles. The number of carbonyl (C=O) groups is 2. The number of amides is 1. The number of likely N-dealkylation sites (tertiary alicyclic amines) is 1. The van der Waals surface area contributed by atoms with Gasteiger partial charge in [0.2, 0.25) is 0 Å². The minimum atomic E-state index is -0.694. The number of aliphatic hydroxyl groups excluding tert-OH is 1. The molecular formula is C34H46N2O6. The Labute approximate surface area is 250 Å². The predicted molar refractivity (Wildman–Crippen MR) is 164 cm³/mol. The number of benzene rings is 2. The average Bonchev–Trinajstić information content (AvgIpc) is 3.24. The molecule has 0 aliphatic carbocycles. The second kappa shape index (κ2) is 15.2. The molecule has 0 saturated carbocycles. The van der Waals surface area contributed by atoms with E-state index >= 15 is 0 Å². The molecule has 2 fully saturated rings. The lowest BCUT2D eigenvalue weighted by Gasteiger charge is -2.29. The molecule has 2 aliphatic rings. The average molecular weight is 579 g/mol. The van der Waals surface area contributed by atoms with Gasteiger partial charge < -0.3 is 24.2 Å². The van der Waals surface area contributed by atoms with Gasteiger partial charge in [0.15, 0.2) is 0 Å². The van der Waals surface area contributed by atoms with E-state index in [2.05, 4.69) is 25.7 Å². The van der Waals surface area contributed by atoms with Crippen LogP contribution >= 0.6 is 0 Å². The van der Waals surface area contributed by atoms with Crippen molar-refractivity contribution in [1.82, 2.24) is 9.80 Å². The molecule has 1 unspecified atom stereocenters. The molecule has 0 radical (unpaired) electrons. The zero-order chi connectivity index (χ0) is 30.1. The van der Waals surface area contributed by atoms with E-state index in [1.807, 2.05) is 37.3 Å². The van der Waals surface area contributed by atoms with Crippen LogP contribution in [-0.2, 0) is 14.3 Å². The fraction of sp³-hybridized carbons (Fsp3) is 0.529. The van der Waals surface area contributed by atoms with Gasteiger partial charge in [0.1, 0.15) is 17.3 Å². The van der Waals surface area contributed by atoms with E-state index in [1.165, 1.54) is 0 Å². The lowest BCUT2D eigenvalue weighted by molar-refractivity contribution is -0.140. The number of nitrogens with zero attached hydrogens (tertiary/aromatic N) is 2. The molecule has 228 valence electrons. The van der Waals surface area contributed by atoms with E-state index in [1.54, 1.807) is 17.0 Å². The molecule has 2 aromatic rings. The molecule has 42 heavy (non-hydrogen) atoms. The molecule has 0 aromatic heterocycles. The van der Waals surface area contributed by atoms with Crippen molar-refractivity contribution in [2.75, 3.05) is 52.6 Å². The van der Waals surface area contributed by atoms with E-state index in [0.29, 0.717) is 56.6 Å². The van der Waals surface area contributed by atoms with Crippen LogP contribution in [0.15, 0.2) is 48.0 Å². The molecule has 1 N–H and O–H groups in total. The maximum absolute atomic E-state index is 13.5. The van der Waals surface area contributed by atoms with Crippen molar-refractivity contribution in [2.45, 2.75) is 59.4 Å². The monoisotopic (exact) mass is 578 g/mol. The normalized spacial score (nSPS) is 19.1. The summed E-state index contributed by atoms with van der Waals surface area (Å²) in [6.45, 7) is 13.8. The van der Waals surface area contributed by atoms with Crippen LogP contribution in [0.3, 0.4) is 0 Å². The number of unbranched alkanes of at least 4 members (excludes halogenated alkanes) is 2. The molecule has 2 aliphatic heterocycles. The number of Topliss-reactive ketones (excluding diaryl/α,β-unsaturated/α-hetero) is 1. The molecule has 8 heteroatoms. The maximum Gasteiger partial charge on any atom is 0.295 e. The predicted octanol–water partition coefficient (Wildman–Crippen LogP) is 5.74. The molecule has 8 nitrogen and oxygen atoms in total. The van der Waals surface area contributed by atoms with Crippen molar-refractivity contribution in [3.05, 3.63) is 64.7 Å². The second-order valence-corrected chi connectivity index (χ2v) is 11.6. The van der Waals surface area contributed by atoms with Gasteiger partial charge in [0, 0.05) is 31.7 Å². The SMILES string of the molecule is CCCCCOc1ccc(C2/C(=C(\O)c3ccc(OCC(C)C)cc3C)C(=O)C(=O)N2CCCN2CCOCC2)cc1. The highest BCUT2D eigenvalue weighted by Crippen LogP contribution is 2.40. The van der Waals surface area contributed by atoms with Crippen molar-refractivity contribution in [3.63, 3.8) is 0 Å². The smallest absolute Gasteiger partial charge is 0.295 e. The third kappa shape index (κ3) is 7.92. The van der Waals surface area contributed by atoms with E-state index in [0.717, 1.165) is 55.8 Å². The first-order chi connectivity index (χ1) is 20.3. The molecule has 0 spiro atoms. The summed E-state index contributed by atoms with van der Waals surface area (Å²) < 4.78 is 17.2. The number of rotatable bonds is 14. The van der Waals surface area contributed by atoms with Crippen LogP contribution < -0.4 is 9.47 Å². The fourth-order valence-electron chi connectivity index (χ4n) is 5.43. The molecular weight excluding hydrogens is 532 g/mol. The first-order valence-electron chi connectivity index (χ1n) is 15.3. The third-order valence-electron chi connectivity index (χ3n) is 7.77. The molecule has 4 rings (SSSR count). The van der Waals surface area contributed by atoms with Crippen LogP contribution in [0, 0.1) is 12.8 Å². The highest BCUT2D eigenvalue weighted by molar-refractivity contribution is 6.46. The highest BCUT2D eigenvalue weighted by Gasteiger charge is 2.46. The van der Waals surface area contributed by atoms with Crippen LogP contribution in [0.4, 0.5) is 0 Å². The molecule has 0 bridgehead atoms. The van der Waals surface area contributed by atoms with Gasteiger partial charge in [-0.1, -0.05) is 45.7 Å². The van der Waals surface area contributed by atoms with Crippen LogP contribution in [0.2, 0.25) is 0 Å². The quantitative estimate of drug-likeness (QED) is 0.132. The summed E-state index contributed by atoms with van der Waals surface area (Å²) in [7, 11) is 0. The number of ether oxygens (including phenoxy) is 3. The Morgan fingerprint density at radius 3 is 2.36 bits per heavy atom. The van der Waals surface area contributed by atoms with E-state index in [-0.39, 0.29) is 11.3 Å². The Morgan fingerprint density at radius 2 is 1.69 bits per heavy atom. The number of hydrogen-bond donors (Lipinski definition) is 1. The van der Waals surface area contributed by atoms with Gasteiger partial charge in [-0.2, -0.15) is 0 Å². The van der Waals surface area contributed by atoms with Gasteiger partial charge in [0.05, 0.1) is 38.0 Å². The summed E-state index contributed by atoms with van der Waals surface area (Å²) in [5.41, 5.74) is 2.15. The second-order valence-electron chi connectivity index (χ2n) is 11.6. The van der Waals surface area contributed by atoms with Gasteiger partial charge >= 0.3 is 0 Å². The lowest BCUT2D eigenvalue weighted by atomic mass is 9.93. The van der Waals surface area contributed by atoms with E-state index in [4.69, 9.17) is 14.2 Å². The Balaban J connectivity index is 1.63. The van der Waals surface area contributed by atoms with Crippen molar-refractivity contribution in [2.24, 2.45) is 5.92 Å². The van der Waals surface area contributed by atoms with Gasteiger partial charge in [0.25, 0.3) is 11.7 Å². The number of aryl methyl sites for hydroxylation is 1. The van der Waals surface area contributed by atoms with E-state index < -0.39 is 17.7 Å². The van der Waals surface area contributed by atoms with Crippen LogP contribution in [0.1, 0.15) is 69.2 Å². The van der Waals surface area contributed by atoms with E-state index in [9.17, 15) is 14.7 Å². The van der Waals surface area contributed by atoms with Crippen molar-refractivity contribution in [1.29, 1.82) is 0 Å². The summed E-state index contributed by atoms with van der Waals surface area (Å²) in [4.78, 5) is 30.9. The minimum Gasteiger partial charge on any atom is -0.507 e. The summed E-state index contributed by atoms with van der Waals surface area (Å²) >= 11 is 0. The largest absolute Gasteiger partial charge is 0.507 e. The fourth-order valence-corrected chi connectivity index (χ4v) is 5.43. The molecule has 2 heterocycles. The molecule has 1 atom stereocenters. The topological polar surface area (TPSA) is 88.5 Å². The Morgan fingerprint density at radius 1 is 0.976 bits per heavy atom. The Hall–Kier alpha value is -3.36. The summed E-state index contributed by atoms with van der Waals surface area (Å²) in [6, 6.07) is 12.3. The third-order valence-corrected chi connectivity index (χ3v) is 7.77. The van der Waals surface area contributed by atoms with Crippen molar-refractivity contribution in [3.8, 4) is 11.5 Å². The zero-order valence-corrected chi connectivity index (χ0v) is 25.6. The van der Waals surface area contributed by atoms with Crippen LogP contribution in [-0.4, -0.2) is 79.2 Å². The Bertz CT molecular complexity index is 1230. The van der Waals surface area contributed by atoms with Gasteiger partial charge in [-0.15, -0.1) is 0 Å². The molecule has 1 amide bonds. The van der Waals surface area contributed by atoms with Crippen LogP contribution in [0.5, 0.6) is 11.5 Å². The van der Waals surface area contributed by atoms with Crippen molar-refractivity contribution < 1.29 is 28.9 Å². The summed E-state index contributed by atoms with van der Waals surface area (Å²) in [6.07, 6.45) is 3.94. The first kappa shape index (κ1) is 31.6. The summed E-state index contributed by atoms with van der Waals surface area (Å²) in [5.74, 6) is 0.410. The Kier molecular flexibility index (Phi) is 11.4. The minimum absolute atomic E-state index is 0.113. The standard InChI is InChI=1S/C34H46N2O6/c1-5-6-7-19-41-27-11-9-26(10-12-27)31-30(32(37)29-14-13-28(22-25(29)4)42-23-24(2)3)33(38)34(39)36(31)16-8-15-35-17-20-40-21-18-35/h9-14,22,24,31,37H,5-8,15-21,23H2,1-4H3/b32-30+. The lowest BCUT2D eigenvalue weighted by Crippen LogP contribution is -2.38. The molecule has 2 aromatic carbocycles. The van der Waals surface area contributed by atoms with Gasteiger partial charge in [-0.3, -0.25) is 14.5 Å². The van der Waals surface area contributed by atoms with Crippen molar-refractivity contribution >= 4 is 17.4 Å². The zero-order valence-electron chi connectivity index (χ0n) is 25.6. The van der Waals surface area contributed by atoms with Crippen LogP contribution in [0.25, 0.3) is 5.76 Å². The summed E-state index contributed by atoms with van der Waals surface area (Å²) in [5, 5.41) is 11.6. The number of aliphatic hydroxyl groups is 1.